The van der Waals surface area contributed by atoms with Gasteiger partial charge >= 0.3 is 0 Å². The number of rotatable bonds is 2. The maximum absolute atomic E-state index is 6.18. The number of halogens is 1. The second-order valence-electron chi connectivity index (χ2n) is 6.82. The van der Waals surface area contributed by atoms with Crippen LogP contribution >= 0.6 is 11.6 Å². The van der Waals surface area contributed by atoms with Gasteiger partial charge in [0.1, 0.15) is 16.9 Å². The Morgan fingerprint density at radius 3 is 2.44 bits per heavy atom. The standard InChI is InChI=1S/C21H19ClN4O/c1-14-23-19-17-13-15(22)7-8-18(17)27-20(19)21(24-14)26-11-9-25(10-12-26)16-5-3-2-4-6-16/h2-8,13H,9-12H2,1H3. The number of aryl methyl sites for hydroxylation is 1. The van der Waals surface area contributed by atoms with Crippen molar-refractivity contribution in [2.24, 2.45) is 0 Å². The summed E-state index contributed by atoms with van der Waals surface area (Å²) < 4.78 is 6.12. The Morgan fingerprint density at radius 1 is 0.926 bits per heavy atom. The third-order valence-corrected chi connectivity index (χ3v) is 5.30. The third kappa shape index (κ3) is 2.88. The smallest absolute Gasteiger partial charge is 0.196 e. The van der Waals surface area contributed by atoms with Gasteiger partial charge in [0.2, 0.25) is 0 Å². The van der Waals surface area contributed by atoms with Gasteiger partial charge in [-0.05, 0) is 37.3 Å². The number of hydrogen-bond acceptors (Lipinski definition) is 5. The lowest BCUT2D eigenvalue weighted by Crippen LogP contribution is -2.47. The lowest BCUT2D eigenvalue weighted by molar-refractivity contribution is 0.628. The van der Waals surface area contributed by atoms with Gasteiger partial charge in [0, 0.05) is 42.3 Å². The molecule has 0 spiro atoms. The molecule has 0 amide bonds. The zero-order valence-electron chi connectivity index (χ0n) is 15.0. The molecule has 6 heteroatoms. The summed E-state index contributed by atoms with van der Waals surface area (Å²) in [6.45, 7) is 5.59. The van der Waals surface area contributed by atoms with Crippen LogP contribution in [0, 0.1) is 6.92 Å². The summed E-state index contributed by atoms with van der Waals surface area (Å²) in [6.07, 6.45) is 0. The minimum absolute atomic E-state index is 0.680. The van der Waals surface area contributed by atoms with Crippen LogP contribution in [0.25, 0.3) is 22.1 Å². The summed E-state index contributed by atoms with van der Waals surface area (Å²) in [7, 11) is 0. The van der Waals surface area contributed by atoms with E-state index in [2.05, 4.69) is 39.0 Å². The van der Waals surface area contributed by atoms with Crippen LogP contribution in [-0.2, 0) is 0 Å². The normalized spacial score (nSPS) is 15.0. The highest BCUT2D eigenvalue weighted by Crippen LogP contribution is 2.34. The highest BCUT2D eigenvalue weighted by molar-refractivity contribution is 6.31. The van der Waals surface area contributed by atoms with Crippen molar-refractivity contribution in [2.45, 2.75) is 6.92 Å². The van der Waals surface area contributed by atoms with Gasteiger partial charge < -0.3 is 14.2 Å². The first-order valence-electron chi connectivity index (χ1n) is 9.10. The molecule has 0 radical (unpaired) electrons. The Morgan fingerprint density at radius 2 is 1.67 bits per heavy atom. The van der Waals surface area contributed by atoms with E-state index in [1.165, 1.54) is 5.69 Å². The van der Waals surface area contributed by atoms with Crippen LogP contribution in [0.15, 0.2) is 52.9 Å². The molecular weight excluding hydrogens is 360 g/mol. The molecule has 1 saturated heterocycles. The molecule has 5 rings (SSSR count). The predicted molar refractivity (Wildman–Crippen MR) is 110 cm³/mol. The van der Waals surface area contributed by atoms with Crippen LogP contribution in [-0.4, -0.2) is 36.1 Å². The molecule has 2 aromatic carbocycles. The van der Waals surface area contributed by atoms with E-state index in [0.29, 0.717) is 5.02 Å². The Hall–Kier alpha value is -2.79. The van der Waals surface area contributed by atoms with E-state index in [0.717, 1.165) is 59.9 Å². The number of nitrogens with zero attached hydrogens (tertiary/aromatic N) is 4. The minimum Gasteiger partial charge on any atom is -0.450 e. The van der Waals surface area contributed by atoms with Gasteiger partial charge in [0.15, 0.2) is 11.4 Å². The van der Waals surface area contributed by atoms with Crippen LogP contribution < -0.4 is 9.80 Å². The first kappa shape index (κ1) is 16.4. The molecule has 0 atom stereocenters. The third-order valence-electron chi connectivity index (χ3n) is 5.07. The molecule has 1 fully saturated rings. The van der Waals surface area contributed by atoms with Crippen LogP contribution in [0.2, 0.25) is 5.02 Å². The molecule has 1 aliphatic rings. The van der Waals surface area contributed by atoms with E-state index in [1.807, 2.05) is 31.2 Å². The summed E-state index contributed by atoms with van der Waals surface area (Å²) >= 11 is 6.18. The van der Waals surface area contributed by atoms with Gasteiger partial charge in [-0.15, -0.1) is 0 Å². The van der Waals surface area contributed by atoms with Crippen molar-refractivity contribution >= 4 is 45.2 Å². The van der Waals surface area contributed by atoms with E-state index in [1.54, 1.807) is 0 Å². The van der Waals surface area contributed by atoms with E-state index in [9.17, 15) is 0 Å². The average Bonchev–Trinajstić information content (AvgIpc) is 3.06. The van der Waals surface area contributed by atoms with E-state index < -0.39 is 0 Å². The highest BCUT2D eigenvalue weighted by Gasteiger charge is 2.23. The summed E-state index contributed by atoms with van der Waals surface area (Å²) in [5.74, 6) is 1.61. The van der Waals surface area contributed by atoms with Gasteiger partial charge in [-0.1, -0.05) is 29.8 Å². The van der Waals surface area contributed by atoms with Crippen molar-refractivity contribution in [3.8, 4) is 0 Å². The quantitative estimate of drug-likeness (QED) is 0.507. The van der Waals surface area contributed by atoms with Gasteiger partial charge in [0.05, 0.1) is 0 Å². The monoisotopic (exact) mass is 378 g/mol. The fourth-order valence-electron chi connectivity index (χ4n) is 3.74. The van der Waals surface area contributed by atoms with Gasteiger partial charge in [-0.25, -0.2) is 9.97 Å². The molecule has 5 nitrogen and oxygen atoms in total. The van der Waals surface area contributed by atoms with Gasteiger partial charge in [0.25, 0.3) is 0 Å². The Kier molecular flexibility index (Phi) is 3.90. The second kappa shape index (κ2) is 6.43. The van der Waals surface area contributed by atoms with E-state index in [-0.39, 0.29) is 0 Å². The summed E-state index contributed by atoms with van der Waals surface area (Å²) in [5, 5.41) is 1.62. The summed E-state index contributed by atoms with van der Waals surface area (Å²) in [4.78, 5) is 14.0. The van der Waals surface area contributed by atoms with Crippen LogP contribution in [0.4, 0.5) is 11.5 Å². The molecule has 136 valence electrons. The first-order valence-corrected chi connectivity index (χ1v) is 9.48. The number of benzene rings is 2. The Labute approximate surface area is 162 Å². The minimum atomic E-state index is 0.680. The molecule has 0 bridgehead atoms. The van der Waals surface area contributed by atoms with Crippen LogP contribution in [0.1, 0.15) is 5.82 Å². The number of para-hydroxylation sites is 1. The largest absolute Gasteiger partial charge is 0.450 e. The van der Waals surface area contributed by atoms with Crippen molar-refractivity contribution in [2.75, 3.05) is 36.0 Å². The number of anilines is 2. The van der Waals surface area contributed by atoms with Crippen molar-refractivity contribution in [3.63, 3.8) is 0 Å². The number of hydrogen-bond donors (Lipinski definition) is 0. The Bertz CT molecular complexity index is 1120. The predicted octanol–water partition coefficient (Wildman–Crippen LogP) is 4.66. The first-order chi connectivity index (χ1) is 13.2. The molecule has 3 heterocycles. The number of piperazine rings is 1. The van der Waals surface area contributed by atoms with Crippen molar-refractivity contribution < 1.29 is 4.42 Å². The number of furan rings is 1. The zero-order valence-corrected chi connectivity index (χ0v) is 15.8. The lowest BCUT2D eigenvalue weighted by Gasteiger charge is -2.36. The molecule has 1 aliphatic heterocycles. The number of aromatic nitrogens is 2. The zero-order chi connectivity index (χ0) is 18.4. The molecule has 2 aromatic heterocycles. The SMILES string of the molecule is Cc1nc(N2CCN(c3ccccc3)CC2)c2oc3ccc(Cl)cc3c2n1. The fraction of sp³-hybridized carbons (Fsp3) is 0.238. The fourth-order valence-corrected chi connectivity index (χ4v) is 3.91. The molecule has 0 saturated carbocycles. The summed E-state index contributed by atoms with van der Waals surface area (Å²) in [6, 6.07) is 16.2. The molecule has 27 heavy (non-hydrogen) atoms. The molecule has 0 unspecified atom stereocenters. The number of fused-ring (bicyclic) bond motifs is 3. The average molecular weight is 379 g/mol. The topological polar surface area (TPSA) is 45.4 Å². The maximum Gasteiger partial charge on any atom is 0.196 e. The van der Waals surface area contributed by atoms with Gasteiger partial charge in [-0.2, -0.15) is 0 Å². The van der Waals surface area contributed by atoms with Crippen molar-refractivity contribution in [1.82, 2.24) is 9.97 Å². The van der Waals surface area contributed by atoms with E-state index in [4.69, 9.17) is 21.0 Å². The van der Waals surface area contributed by atoms with Crippen molar-refractivity contribution in [1.29, 1.82) is 0 Å². The Balaban J connectivity index is 1.51. The highest BCUT2D eigenvalue weighted by atomic mass is 35.5. The molecule has 4 aromatic rings. The maximum atomic E-state index is 6.18. The van der Waals surface area contributed by atoms with Crippen molar-refractivity contribution in [3.05, 3.63) is 59.4 Å². The molecular formula is C21H19ClN4O. The lowest BCUT2D eigenvalue weighted by atomic mass is 10.2. The molecule has 0 N–H and O–H groups in total. The van der Waals surface area contributed by atoms with E-state index >= 15 is 0 Å². The van der Waals surface area contributed by atoms with Crippen LogP contribution in [0.3, 0.4) is 0 Å². The van der Waals surface area contributed by atoms with Gasteiger partial charge in [-0.3, -0.25) is 0 Å². The second-order valence-corrected chi connectivity index (χ2v) is 7.26. The molecule has 0 aliphatic carbocycles. The summed E-state index contributed by atoms with van der Waals surface area (Å²) in [5.41, 5.74) is 3.63. The van der Waals surface area contributed by atoms with Crippen LogP contribution in [0.5, 0.6) is 0 Å².